The van der Waals surface area contributed by atoms with Crippen LogP contribution in [0, 0.1) is 11.8 Å². The fraction of sp³-hybridized carbons (Fsp3) is 1.00. The average Bonchev–Trinajstić information content (AvgIpc) is 2.07. The number of rotatable bonds is 6. The van der Waals surface area contributed by atoms with Crippen molar-refractivity contribution in [3.8, 4) is 0 Å². The first kappa shape index (κ1) is 11.0. The predicted molar refractivity (Wildman–Crippen MR) is 58.9 cm³/mol. The minimum absolute atomic E-state index is 0.755. The van der Waals surface area contributed by atoms with Crippen molar-refractivity contribution in [3.05, 3.63) is 0 Å². The van der Waals surface area contributed by atoms with Gasteiger partial charge >= 0.3 is 0 Å². The zero-order valence-corrected chi connectivity index (χ0v) is 9.47. The van der Waals surface area contributed by atoms with Gasteiger partial charge in [0, 0.05) is 6.04 Å². The third kappa shape index (κ3) is 3.30. The summed E-state index contributed by atoms with van der Waals surface area (Å²) in [6, 6.07) is 0.755. The van der Waals surface area contributed by atoms with Gasteiger partial charge in [-0.25, -0.2) is 0 Å². The Morgan fingerprint density at radius 3 is 2.46 bits per heavy atom. The highest BCUT2D eigenvalue weighted by molar-refractivity contribution is 4.78. The fourth-order valence-electron chi connectivity index (χ4n) is 2.44. The largest absolute Gasteiger partial charge is 0.317 e. The van der Waals surface area contributed by atoms with E-state index >= 15 is 0 Å². The van der Waals surface area contributed by atoms with Crippen LogP contribution in [0.4, 0.5) is 0 Å². The molecule has 78 valence electrons. The summed E-state index contributed by atoms with van der Waals surface area (Å²) in [7, 11) is 2.11. The van der Waals surface area contributed by atoms with E-state index in [0.717, 1.165) is 17.9 Å². The fourth-order valence-corrected chi connectivity index (χ4v) is 2.44. The summed E-state index contributed by atoms with van der Waals surface area (Å²) in [4.78, 5) is 0. The van der Waals surface area contributed by atoms with Crippen molar-refractivity contribution in [1.82, 2.24) is 5.32 Å². The van der Waals surface area contributed by atoms with Gasteiger partial charge in [0.15, 0.2) is 0 Å². The minimum Gasteiger partial charge on any atom is -0.317 e. The normalized spacial score (nSPS) is 22.4. The highest BCUT2D eigenvalue weighted by Crippen LogP contribution is 2.33. The zero-order valence-electron chi connectivity index (χ0n) is 9.47. The van der Waals surface area contributed by atoms with Crippen LogP contribution < -0.4 is 5.32 Å². The quantitative estimate of drug-likeness (QED) is 0.667. The smallest absolute Gasteiger partial charge is 0.00896 e. The minimum atomic E-state index is 0.755. The van der Waals surface area contributed by atoms with Gasteiger partial charge in [-0.05, 0) is 31.7 Å². The molecule has 1 rings (SSSR count). The highest BCUT2D eigenvalue weighted by Gasteiger charge is 2.23. The summed E-state index contributed by atoms with van der Waals surface area (Å²) in [5, 5.41) is 3.46. The van der Waals surface area contributed by atoms with Gasteiger partial charge in [0.05, 0.1) is 0 Å². The molecule has 0 spiro atoms. The Bertz CT molecular complexity index is 129. The van der Waals surface area contributed by atoms with E-state index < -0.39 is 0 Å². The first-order chi connectivity index (χ1) is 6.27. The second-order valence-corrected chi connectivity index (χ2v) is 4.69. The number of nitrogens with one attached hydrogen (secondary N) is 1. The van der Waals surface area contributed by atoms with Crippen molar-refractivity contribution < 1.29 is 0 Å². The average molecular weight is 183 g/mol. The maximum Gasteiger partial charge on any atom is 0.00896 e. The van der Waals surface area contributed by atoms with Crippen LogP contribution in [0.1, 0.15) is 52.4 Å². The Labute approximate surface area is 83.3 Å². The molecule has 2 atom stereocenters. The van der Waals surface area contributed by atoms with Crippen LogP contribution in [-0.2, 0) is 0 Å². The number of hydrogen-bond donors (Lipinski definition) is 1. The SMILES string of the molecule is CCCC(NC)C(C)CC1CCC1. The van der Waals surface area contributed by atoms with Crippen molar-refractivity contribution in [3.63, 3.8) is 0 Å². The molecule has 0 saturated heterocycles. The maximum absolute atomic E-state index is 3.46. The van der Waals surface area contributed by atoms with Crippen molar-refractivity contribution in [2.75, 3.05) is 7.05 Å². The molecule has 0 aromatic rings. The van der Waals surface area contributed by atoms with Gasteiger partial charge in [0.1, 0.15) is 0 Å². The lowest BCUT2D eigenvalue weighted by molar-refractivity contribution is 0.224. The lowest BCUT2D eigenvalue weighted by Gasteiger charge is -2.31. The Hall–Kier alpha value is -0.0400. The second kappa shape index (κ2) is 5.64. The third-order valence-electron chi connectivity index (χ3n) is 3.59. The molecule has 0 amide bonds. The van der Waals surface area contributed by atoms with Crippen LogP contribution >= 0.6 is 0 Å². The molecule has 0 heterocycles. The van der Waals surface area contributed by atoms with Crippen LogP contribution in [0.3, 0.4) is 0 Å². The zero-order chi connectivity index (χ0) is 9.68. The van der Waals surface area contributed by atoms with E-state index in [-0.39, 0.29) is 0 Å². The molecule has 0 aromatic carbocycles. The Morgan fingerprint density at radius 2 is 2.08 bits per heavy atom. The van der Waals surface area contributed by atoms with Crippen LogP contribution in [0.15, 0.2) is 0 Å². The monoisotopic (exact) mass is 183 g/mol. The molecule has 0 radical (unpaired) electrons. The van der Waals surface area contributed by atoms with Crippen molar-refractivity contribution in [2.24, 2.45) is 11.8 Å². The molecule has 13 heavy (non-hydrogen) atoms. The van der Waals surface area contributed by atoms with E-state index in [1.54, 1.807) is 0 Å². The molecule has 1 aliphatic rings. The summed E-state index contributed by atoms with van der Waals surface area (Å²) in [6.45, 7) is 4.69. The van der Waals surface area contributed by atoms with Gasteiger partial charge in [0.25, 0.3) is 0 Å². The molecule has 0 bridgehead atoms. The van der Waals surface area contributed by atoms with E-state index in [0.29, 0.717) is 0 Å². The molecular formula is C12H25N. The Balaban J connectivity index is 2.20. The van der Waals surface area contributed by atoms with E-state index in [9.17, 15) is 0 Å². The molecule has 1 aliphatic carbocycles. The molecule has 1 fully saturated rings. The van der Waals surface area contributed by atoms with Gasteiger partial charge in [-0.15, -0.1) is 0 Å². The lowest BCUT2D eigenvalue weighted by atomic mass is 9.77. The molecule has 1 nitrogen and oxygen atoms in total. The molecule has 0 aliphatic heterocycles. The van der Waals surface area contributed by atoms with Gasteiger partial charge < -0.3 is 5.32 Å². The molecule has 1 heteroatoms. The second-order valence-electron chi connectivity index (χ2n) is 4.69. The summed E-state index contributed by atoms with van der Waals surface area (Å²) in [5.41, 5.74) is 0. The summed E-state index contributed by atoms with van der Waals surface area (Å²) in [5.74, 6) is 1.93. The van der Waals surface area contributed by atoms with Crippen molar-refractivity contribution in [2.45, 2.75) is 58.4 Å². The standard InChI is InChI=1S/C12H25N/c1-4-6-12(13-3)10(2)9-11-7-5-8-11/h10-13H,4-9H2,1-3H3. The van der Waals surface area contributed by atoms with E-state index in [4.69, 9.17) is 0 Å². The van der Waals surface area contributed by atoms with Crippen molar-refractivity contribution >= 4 is 0 Å². The van der Waals surface area contributed by atoms with E-state index in [2.05, 4.69) is 26.2 Å². The van der Waals surface area contributed by atoms with Gasteiger partial charge in [-0.3, -0.25) is 0 Å². The molecule has 1 saturated carbocycles. The van der Waals surface area contributed by atoms with Gasteiger partial charge in [-0.1, -0.05) is 39.5 Å². The molecule has 2 unspecified atom stereocenters. The van der Waals surface area contributed by atoms with Crippen LogP contribution in [0.25, 0.3) is 0 Å². The van der Waals surface area contributed by atoms with Gasteiger partial charge in [0.2, 0.25) is 0 Å². The Morgan fingerprint density at radius 1 is 1.38 bits per heavy atom. The first-order valence-corrected chi connectivity index (χ1v) is 5.95. The lowest BCUT2D eigenvalue weighted by Crippen LogP contribution is -2.33. The summed E-state index contributed by atoms with van der Waals surface area (Å²) in [6.07, 6.45) is 8.56. The van der Waals surface area contributed by atoms with Gasteiger partial charge in [-0.2, -0.15) is 0 Å². The highest BCUT2D eigenvalue weighted by atomic mass is 14.9. The topological polar surface area (TPSA) is 12.0 Å². The van der Waals surface area contributed by atoms with E-state index in [1.165, 1.54) is 38.5 Å². The van der Waals surface area contributed by atoms with Crippen LogP contribution in [0.2, 0.25) is 0 Å². The maximum atomic E-state index is 3.46. The Kier molecular flexibility index (Phi) is 4.79. The summed E-state index contributed by atoms with van der Waals surface area (Å²) < 4.78 is 0. The summed E-state index contributed by atoms with van der Waals surface area (Å²) >= 11 is 0. The molecule has 1 N–H and O–H groups in total. The third-order valence-corrected chi connectivity index (χ3v) is 3.59. The first-order valence-electron chi connectivity index (χ1n) is 5.95. The molecule has 0 aromatic heterocycles. The molecular weight excluding hydrogens is 158 g/mol. The van der Waals surface area contributed by atoms with Crippen molar-refractivity contribution in [1.29, 1.82) is 0 Å². The van der Waals surface area contributed by atoms with E-state index in [1.807, 2.05) is 0 Å². The number of hydrogen-bond acceptors (Lipinski definition) is 1. The van der Waals surface area contributed by atoms with Crippen LogP contribution in [0.5, 0.6) is 0 Å². The van der Waals surface area contributed by atoms with Crippen LogP contribution in [-0.4, -0.2) is 13.1 Å². The predicted octanol–water partition coefficient (Wildman–Crippen LogP) is 3.20.